The molecule has 0 aromatic heterocycles. The number of benzene rings is 1. The molecule has 110 valence electrons. The average molecular weight is 318 g/mol. The molecule has 7 heteroatoms. The molecule has 0 bridgehead atoms. The fraction of sp³-hybridized carbons (Fsp3) is 0.308. The molecule has 0 aliphatic rings. The Labute approximate surface area is 123 Å². The second kappa shape index (κ2) is 7.31. The molecule has 1 aromatic carbocycles. The predicted octanol–water partition coefficient (Wildman–Crippen LogP) is 2.17. The Morgan fingerprint density at radius 1 is 1.50 bits per heavy atom. The number of hydrogen-bond acceptors (Lipinski definition) is 4. The van der Waals surface area contributed by atoms with Gasteiger partial charge in [0.05, 0.1) is 11.4 Å². The Hall–Kier alpha value is -1.53. The van der Waals surface area contributed by atoms with Crippen LogP contribution in [-0.2, 0) is 14.8 Å². The molecule has 1 aromatic rings. The Kier molecular flexibility index (Phi) is 6.04. The first kappa shape index (κ1) is 16.5. The van der Waals surface area contributed by atoms with Crippen LogP contribution in [0.1, 0.15) is 6.92 Å². The molecule has 0 aliphatic heterocycles. The Morgan fingerprint density at radius 3 is 2.75 bits per heavy atom. The molecular formula is C13H16ClNO4S. The van der Waals surface area contributed by atoms with Crippen molar-refractivity contribution in [2.24, 2.45) is 0 Å². The van der Waals surface area contributed by atoms with Gasteiger partial charge in [0, 0.05) is 6.07 Å². The number of ether oxygens (including phenoxy) is 1. The van der Waals surface area contributed by atoms with Gasteiger partial charge in [-0.25, -0.2) is 8.42 Å². The maximum absolute atomic E-state index is 12.0. The van der Waals surface area contributed by atoms with Crippen molar-refractivity contribution in [2.45, 2.75) is 6.92 Å². The SMILES string of the molecule is C=CCOc1cccc(N(CC(=O)Cl)S(=O)(=O)CC)c1. The molecule has 0 spiro atoms. The van der Waals surface area contributed by atoms with Gasteiger partial charge in [0.1, 0.15) is 18.9 Å². The molecular weight excluding hydrogens is 302 g/mol. The van der Waals surface area contributed by atoms with Crippen LogP contribution in [0.5, 0.6) is 5.75 Å². The van der Waals surface area contributed by atoms with E-state index in [1.807, 2.05) is 0 Å². The summed E-state index contributed by atoms with van der Waals surface area (Å²) in [5, 5.41) is -0.751. The maximum atomic E-state index is 12.0. The number of nitrogens with zero attached hydrogens (tertiary/aromatic N) is 1. The summed E-state index contributed by atoms with van der Waals surface area (Å²) in [5.74, 6) is 0.357. The highest BCUT2D eigenvalue weighted by Gasteiger charge is 2.23. The molecule has 20 heavy (non-hydrogen) atoms. The summed E-state index contributed by atoms with van der Waals surface area (Å²) < 4.78 is 30.4. The number of rotatable bonds is 8. The quantitative estimate of drug-likeness (QED) is 0.544. The smallest absolute Gasteiger partial charge is 0.242 e. The molecule has 0 aliphatic carbocycles. The summed E-state index contributed by atoms with van der Waals surface area (Å²) in [6.45, 7) is 4.92. The molecule has 0 unspecified atom stereocenters. The molecule has 0 saturated carbocycles. The van der Waals surface area contributed by atoms with Gasteiger partial charge in [0.15, 0.2) is 0 Å². The Morgan fingerprint density at radius 2 is 2.20 bits per heavy atom. The molecule has 0 saturated heterocycles. The molecule has 0 heterocycles. The maximum Gasteiger partial charge on any atom is 0.242 e. The lowest BCUT2D eigenvalue weighted by molar-refractivity contribution is -0.110. The minimum absolute atomic E-state index is 0.130. The fourth-order valence-corrected chi connectivity index (χ4v) is 2.75. The van der Waals surface area contributed by atoms with Crippen LogP contribution in [0.25, 0.3) is 0 Å². The van der Waals surface area contributed by atoms with Crippen LogP contribution >= 0.6 is 11.6 Å². The van der Waals surface area contributed by atoms with Crippen molar-refractivity contribution in [1.29, 1.82) is 0 Å². The summed E-state index contributed by atoms with van der Waals surface area (Å²) in [4.78, 5) is 11.1. The lowest BCUT2D eigenvalue weighted by atomic mass is 10.3. The van der Waals surface area contributed by atoms with Crippen LogP contribution in [0.15, 0.2) is 36.9 Å². The zero-order chi connectivity index (χ0) is 15.2. The van der Waals surface area contributed by atoms with E-state index in [0.717, 1.165) is 4.31 Å². The van der Waals surface area contributed by atoms with Gasteiger partial charge < -0.3 is 4.74 Å². The molecule has 0 radical (unpaired) electrons. The van der Waals surface area contributed by atoms with Gasteiger partial charge >= 0.3 is 0 Å². The highest BCUT2D eigenvalue weighted by atomic mass is 35.5. The van der Waals surface area contributed by atoms with Crippen molar-refractivity contribution in [3.8, 4) is 5.75 Å². The van der Waals surface area contributed by atoms with Crippen LogP contribution in [0, 0.1) is 0 Å². The van der Waals surface area contributed by atoms with Gasteiger partial charge in [0.25, 0.3) is 0 Å². The fourth-order valence-electron chi connectivity index (χ4n) is 1.50. The lowest BCUT2D eigenvalue weighted by Gasteiger charge is -2.22. The zero-order valence-corrected chi connectivity index (χ0v) is 12.7. The standard InChI is InChI=1S/C13H16ClNO4S/c1-3-8-19-12-7-5-6-11(9-12)15(10-13(14)16)20(17,18)4-2/h3,5-7,9H,1,4,8,10H2,2H3. The van der Waals surface area contributed by atoms with E-state index < -0.39 is 21.8 Å². The molecule has 5 nitrogen and oxygen atoms in total. The normalized spacial score (nSPS) is 10.9. The van der Waals surface area contributed by atoms with Crippen LogP contribution in [0.2, 0.25) is 0 Å². The van der Waals surface area contributed by atoms with Gasteiger partial charge in [-0.3, -0.25) is 9.10 Å². The second-order valence-corrected chi connectivity index (χ2v) is 6.46. The largest absolute Gasteiger partial charge is 0.489 e. The predicted molar refractivity (Wildman–Crippen MR) is 79.8 cm³/mol. The highest BCUT2D eigenvalue weighted by Crippen LogP contribution is 2.24. The summed E-state index contributed by atoms with van der Waals surface area (Å²) >= 11 is 5.32. The number of hydrogen-bond donors (Lipinski definition) is 0. The van der Waals surface area contributed by atoms with Crippen molar-refractivity contribution < 1.29 is 17.9 Å². The summed E-state index contributed by atoms with van der Waals surface area (Å²) in [6, 6.07) is 6.45. The van der Waals surface area contributed by atoms with E-state index in [4.69, 9.17) is 16.3 Å². The van der Waals surface area contributed by atoms with Crippen LogP contribution < -0.4 is 9.04 Å². The van der Waals surface area contributed by atoms with Gasteiger partial charge in [-0.15, -0.1) is 0 Å². The first-order valence-corrected chi connectivity index (χ1v) is 7.92. The van der Waals surface area contributed by atoms with Gasteiger partial charge in [-0.2, -0.15) is 0 Å². The monoisotopic (exact) mass is 317 g/mol. The van der Waals surface area contributed by atoms with Crippen molar-refractivity contribution in [3.63, 3.8) is 0 Å². The second-order valence-electron chi connectivity index (χ2n) is 3.86. The van der Waals surface area contributed by atoms with Crippen LogP contribution in [-0.4, -0.2) is 32.6 Å². The molecule has 0 atom stereocenters. The van der Waals surface area contributed by atoms with E-state index in [-0.39, 0.29) is 5.75 Å². The lowest BCUT2D eigenvalue weighted by Crippen LogP contribution is -2.35. The Bertz CT molecular complexity index is 586. The molecule has 0 amide bonds. The molecule has 0 fully saturated rings. The van der Waals surface area contributed by atoms with Crippen molar-refractivity contribution in [3.05, 3.63) is 36.9 Å². The topological polar surface area (TPSA) is 63.7 Å². The third-order valence-electron chi connectivity index (χ3n) is 2.44. The molecule has 1 rings (SSSR count). The van der Waals surface area contributed by atoms with Gasteiger partial charge in [-0.05, 0) is 30.7 Å². The van der Waals surface area contributed by atoms with E-state index in [9.17, 15) is 13.2 Å². The number of sulfonamides is 1. The van der Waals surface area contributed by atoms with Gasteiger partial charge in [0.2, 0.25) is 15.3 Å². The first-order chi connectivity index (χ1) is 9.40. The van der Waals surface area contributed by atoms with E-state index in [0.29, 0.717) is 18.0 Å². The minimum Gasteiger partial charge on any atom is -0.489 e. The first-order valence-electron chi connectivity index (χ1n) is 5.93. The van der Waals surface area contributed by atoms with E-state index >= 15 is 0 Å². The van der Waals surface area contributed by atoms with E-state index in [2.05, 4.69) is 6.58 Å². The average Bonchev–Trinajstić information content (AvgIpc) is 2.42. The van der Waals surface area contributed by atoms with E-state index in [1.165, 1.54) is 13.0 Å². The highest BCUT2D eigenvalue weighted by molar-refractivity contribution is 7.92. The number of carbonyl (C=O) groups excluding carboxylic acids is 1. The Balaban J connectivity index is 3.13. The molecule has 0 N–H and O–H groups in total. The third-order valence-corrected chi connectivity index (χ3v) is 4.30. The zero-order valence-electron chi connectivity index (χ0n) is 11.1. The summed E-state index contributed by atoms with van der Waals surface area (Å²) in [7, 11) is -3.59. The number of halogens is 1. The summed E-state index contributed by atoms with van der Waals surface area (Å²) in [6.07, 6.45) is 1.58. The minimum atomic E-state index is -3.59. The number of anilines is 1. The van der Waals surface area contributed by atoms with Crippen LogP contribution in [0.3, 0.4) is 0 Å². The van der Waals surface area contributed by atoms with Crippen LogP contribution in [0.4, 0.5) is 5.69 Å². The van der Waals surface area contributed by atoms with Crippen molar-refractivity contribution in [1.82, 2.24) is 0 Å². The summed E-state index contributed by atoms with van der Waals surface area (Å²) in [5.41, 5.74) is 0.336. The van der Waals surface area contributed by atoms with Gasteiger partial charge in [-0.1, -0.05) is 18.7 Å². The van der Waals surface area contributed by atoms with Crippen molar-refractivity contribution >= 4 is 32.6 Å². The third kappa shape index (κ3) is 4.54. The van der Waals surface area contributed by atoms with E-state index in [1.54, 1.807) is 24.3 Å². The number of carbonyl (C=O) groups is 1. The van der Waals surface area contributed by atoms with Crippen molar-refractivity contribution in [2.75, 3.05) is 23.2 Å².